The lowest BCUT2D eigenvalue weighted by Crippen LogP contribution is -2.59. The first-order valence-corrected chi connectivity index (χ1v) is 6.98. The van der Waals surface area contributed by atoms with Crippen molar-refractivity contribution in [1.82, 2.24) is 9.80 Å². The van der Waals surface area contributed by atoms with Crippen LogP contribution in [-0.4, -0.2) is 52.6 Å². The van der Waals surface area contributed by atoms with E-state index in [2.05, 4.69) is 0 Å². The summed E-state index contributed by atoms with van der Waals surface area (Å²) in [6.45, 7) is 8.37. The number of urea groups is 1. The zero-order valence-corrected chi connectivity index (χ0v) is 12.6. The molecule has 0 aromatic carbocycles. The van der Waals surface area contributed by atoms with Crippen LogP contribution in [0.5, 0.6) is 0 Å². The maximum Gasteiger partial charge on any atom is 0.327 e. The van der Waals surface area contributed by atoms with Gasteiger partial charge in [-0.2, -0.15) is 0 Å². The van der Waals surface area contributed by atoms with Gasteiger partial charge in [-0.3, -0.25) is 0 Å². The second-order valence-electron chi connectivity index (χ2n) is 6.18. The second kappa shape index (κ2) is 5.80. The van der Waals surface area contributed by atoms with Crippen molar-refractivity contribution in [3.63, 3.8) is 0 Å². The van der Waals surface area contributed by atoms with Crippen LogP contribution in [0.1, 0.15) is 47.0 Å². The molecule has 0 saturated carbocycles. The maximum atomic E-state index is 12.5. The minimum Gasteiger partial charge on any atom is -0.480 e. The van der Waals surface area contributed by atoms with Crippen molar-refractivity contribution in [3.05, 3.63) is 0 Å². The molecule has 1 saturated heterocycles. The lowest BCUT2D eigenvalue weighted by molar-refractivity contribution is -0.148. The number of aliphatic carboxylic acids is 1. The van der Waals surface area contributed by atoms with Gasteiger partial charge in [0.25, 0.3) is 0 Å². The van der Waals surface area contributed by atoms with E-state index in [0.29, 0.717) is 6.54 Å². The van der Waals surface area contributed by atoms with Gasteiger partial charge in [0.05, 0.1) is 0 Å². The Balaban J connectivity index is 2.96. The molecule has 0 aliphatic carbocycles. The monoisotopic (exact) mass is 270 g/mol. The number of piperidine rings is 1. The summed E-state index contributed by atoms with van der Waals surface area (Å²) in [7, 11) is 1.75. The Morgan fingerprint density at radius 3 is 2.53 bits per heavy atom. The predicted octanol–water partition coefficient (Wildman–Crippen LogP) is 2.41. The van der Waals surface area contributed by atoms with E-state index in [1.54, 1.807) is 11.9 Å². The molecule has 2 atom stereocenters. The SMILES string of the molecule is CCC(C)N(C)C(=O)N1CCCC(C)(C)C1C(=O)O. The summed E-state index contributed by atoms with van der Waals surface area (Å²) in [6.07, 6.45) is 2.55. The largest absolute Gasteiger partial charge is 0.480 e. The zero-order chi connectivity index (χ0) is 14.8. The molecule has 1 N–H and O–H groups in total. The highest BCUT2D eigenvalue weighted by molar-refractivity contribution is 5.83. The van der Waals surface area contributed by atoms with Crippen molar-refractivity contribution in [2.24, 2.45) is 5.41 Å². The van der Waals surface area contributed by atoms with Crippen molar-refractivity contribution in [2.45, 2.75) is 59.0 Å². The number of carbonyl (C=O) groups is 2. The van der Waals surface area contributed by atoms with E-state index >= 15 is 0 Å². The number of nitrogens with zero attached hydrogens (tertiary/aromatic N) is 2. The average Bonchev–Trinajstić information content (AvgIpc) is 2.33. The van der Waals surface area contributed by atoms with Gasteiger partial charge in [0.2, 0.25) is 0 Å². The van der Waals surface area contributed by atoms with Gasteiger partial charge in [-0.1, -0.05) is 20.8 Å². The van der Waals surface area contributed by atoms with E-state index in [1.165, 1.54) is 4.90 Å². The van der Waals surface area contributed by atoms with Gasteiger partial charge < -0.3 is 14.9 Å². The van der Waals surface area contributed by atoms with Crippen LogP contribution < -0.4 is 0 Å². The summed E-state index contributed by atoms with van der Waals surface area (Å²) >= 11 is 0. The quantitative estimate of drug-likeness (QED) is 0.856. The summed E-state index contributed by atoms with van der Waals surface area (Å²) in [4.78, 5) is 27.2. The van der Waals surface area contributed by atoms with Crippen molar-refractivity contribution in [3.8, 4) is 0 Å². The molecule has 110 valence electrons. The Kier molecular flexibility index (Phi) is 4.82. The van der Waals surface area contributed by atoms with Crippen LogP contribution in [0.15, 0.2) is 0 Å². The molecule has 0 spiro atoms. The summed E-state index contributed by atoms with van der Waals surface area (Å²) in [5.41, 5.74) is -0.379. The van der Waals surface area contributed by atoms with Gasteiger partial charge in [0, 0.05) is 19.6 Å². The average molecular weight is 270 g/mol. The molecule has 1 heterocycles. The Morgan fingerprint density at radius 1 is 1.47 bits per heavy atom. The zero-order valence-electron chi connectivity index (χ0n) is 12.6. The molecule has 5 nitrogen and oxygen atoms in total. The van der Waals surface area contributed by atoms with Gasteiger partial charge in [-0.05, 0) is 31.6 Å². The van der Waals surface area contributed by atoms with Crippen molar-refractivity contribution in [2.75, 3.05) is 13.6 Å². The molecule has 2 amide bonds. The number of rotatable bonds is 3. The van der Waals surface area contributed by atoms with Gasteiger partial charge in [-0.15, -0.1) is 0 Å². The molecule has 2 unspecified atom stereocenters. The minimum atomic E-state index is -0.907. The third-order valence-electron chi connectivity index (χ3n) is 4.31. The first kappa shape index (κ1) is 15.8. The topological polar surface area (TPSA) is 60.9 Å². The summed E-state index contributed by atoms with van der Waals surface area (Å²) < 4.78 is 0. The van der Waals surface area contributed by atoms with Crippen LogP contribution in [0.4, 0.5) is 4.79 Å². The molecule has 1 fully saturated rings. The molecule has 1 rings (SSSR count). The van der Waals surface area contributed by atoms with Gasteiger partial charge >= 0.3 is 12.0 Å². The first-order chi connectivity index (χ1) is 8.72. The van der Waals surface area contributed by atoms with Crippen LogP contribution in [0, 0.1) is 5.41 Å². The molecular formula is C14H26N2O3. The number of hydrogen-bond donors (Lipinski definition) is 1. The van der Waals surface area contributed by atoms with Crippen LogP contribution in [0.3, 0.4) is 0 Å². The fourth-order valence-corrected chi connectivity index (χ4v) is 2.73. The number of carbonyl (C=O) groups excluding carboxylic acids is 1. The van der Waals surface area contributed by atoms with E-state index < -0.39 is 12.0 Å². The fraction of sp³-hybridized carbons (Fsp3) is 0.857. The van der Waals surface area contributed by atoms with Crippen LogP contribution in [0.2, 0.25) is 0 Å². The smallest absolute Gasteiger partial charge is 0.327 e. The first-order valence-electron chi connectivity index (χ1n) is 6.98. The Morgan fingerprint density at radius 2 is 2.05 bits per heavy atom. The highest BCUT2D eigenvalue weighted by Gasteiger charge is 2.45. The van der Waals surface area contributed by atoms with Crippen LogP contribution >= 0.6 is 0 Å². The fourth-order valence-electron chi connectivity index (χ4n) is 2.73. The number of likely N-dealkylation sites (tertiary alicyclic amines) is 1. The molecule has 19 heavy (non-hydrogen) atoms. The van der Waals surface area contributed by atoms with Gasteiger partial charge in [0.1, 0.15) is 6.04 Å². The normalized spacial score (nSPS) is 23.8. The van der Waals surface area contributed by atoms with Crippen LogP contribution in [0.25, 0.3) is 0 Å². The second-order valence-corrected chi connectivity index (χ2v) is 6.18. The summed E-state index contributed by atoms with van der Waals surface area (Å²) in [5.74, 6) is -0.907. The molecule has 0 radical (unpaired) electrons. The van der Waals surface area contributed by atoms with E-state index in [1.807, 2.05) is 27.7 Å². The molecule has 1 aliphatic rings. The molecule has 1 aliphatic heterocycles. The Bertz CT molecular complexity index is 355. The van der Waals surface area contributed by atoms with Gasteiger partial charge in [-0.25, -0.2) is 9.59 Å². The molecule has 5 heteroatoms. The van der Waals surface area contributed by atoms with E-state index in [0.717, 1.165) is 19.3 Å². The maximum absolute atomic E-state index is 12.5. The van der Waals surface area contributed by atoms with Crippen molar-refractivity contribution < 1.29 is 14.7 Å². The summed E-state index contributed by atoms with van der Waals surface area (Å²) in [6, 6.07) is -0.790. The van der Waals surface area contributed by atoms with Gasteiger partial charge in [0.15, 0.2) is 0 Å². The van der Waals surface area contributed by atoms with Crippen LogP contribution in [-0.2, 0) is 4.79 Å². The lowest BCUT2D eigenvalue weighted by Gasteiger charge is -2.45. The van der Waals surface area contributed by atoms with E-state index in [-0.39, 0.29) is 17.5 Å². The molecular weight excluding hydrogens is 244 g/mol. The van der Waals surface area contributed by atoms with Crippen molar-refractivity contribution in [1.29, 1.82) is 0 Å². The highest BCUT2D eigenvalue weighted by atomic mass is 16.4. The van der Waals surface area contributed by atoms with E-state index in [4.69, 9.17) is 0 Å². The number of amides is 2. The van der Waals surface area contributed by atoms with E-state index in [9.17, 15) is 14.7 Å². The molecule has 0 aromatic heterocycles. The highest BCUT2D eigenvalue weighted by Crippen LogP contribution is 2.35. The number of carboxylic acids is 1. The summed E-state index contributed by atoms with van der Waals surface area (Å²) in [5, 5.41) is 9.46. The third kappa shape index (κ3) is 3.19. The predicted molar refractivity (Wildman–Crippen MR) is 74.1 cm³/mol. The third-order valence-corrected chi connectivity index (χ3v) is 4.31. The minimum absolute atomic E-state index is 0.118. The Hall–Kier alpha value is -1.26. The number of hydrogen-bond acceptors (Lipinski definition) is 2. The standard InChI is InChI=1S/C14H26N2O3/c1-6-10(2)15(5)13(19)16-9-7-8-14(3,4)11(16)12(17)18/h10-11H,6-9H2,1-5H3,(H,17,18). The van der Waals surface area contributed by atoms with Crippen molar-refractivity contribution >= 4 is 12.0 Å². The molecule has 0 bridgehead atoms. The number of carboxylic acid groups (broad SMARTS) is 1. The lowest BCUT2D eigenvalue weighted by atomic mass is 9.76. The molecule has 0 aromatic rings. The Labute approximate surface area is 115 Å².